The molecule has 0 bridgehead atoms. The fraction of sp³-hybridized carbons (Fsp3) is 0.500. The Labute approximate surface area is 133 Å². The summed E-state index contributed by atoms with van der Waals surface area (Å²) in [4.78, 5) is 26.2. The minimum absolute atomic E-state index is 0.0377. The van der Waals surface area contributed by atoms with Gasteiger partial charge in [0.2, 0.25) is 5.91 Å². The third kappa shape index (κ3) is 2.77. The molecule has 1 N–H and O–H groups in total. The van der Waals surface area contributed by atoms with Gasteiger partial charge in [0.25, 0.3) is 0 Å². The van der Waals surface area contributed by atoms with E-state index in [2.05, 4.69) is 21.2 Å². The van der Waals surface area contributed by atoms with Crippen molar-refractivity contribution in [1.82, 2.24) is 5.32 Å². The second-order valence-corrected chi connectivity index (χ2v) is 6.60. The number of rotatable bonds is 2. The van der Waals surface area contributed by atoms with Crippen molar-refractivity contribution < 1.29 is 9.59 Å². The van der Waals surface area contributed by atoms with Crippen LogP contribution in [0.2, 0.25) is 0 Å². The van der Waals surface area contributed by atoms with Crippen molar-refractivity contribution >= 4 is 33.3 Å². The van der Waals surface area contributed by atoms with E-state index in [4.69, 9.17) is 0 Å². The van der Waals surface area contributed by atoms with Crippen molar-refractivity contribution in [2.75, 3.05) is 18.0 Å². The third-order valence-electron chi connectivity index (χ3n) is 4.31. The van der Waals surface area contributed by atoms with Gasteiger partial charge in [-0.05, 0) is 49.9 Å². The molecule has 21 heavy (non-hydrogen) atoms. The van der Waals surface area contributed by atoms with Crippen LogP contribution in [0.15, 0.2) is 16.6 Å². The molecule has 1 atom stereocenters. The van der Waals surface area contributed by atoms with Gasteiger partial charge in [-0.25, -0.2) is 0 Å². The van der Waals surface area contributed by atoms with E-state index in [1.807, 2.05) is 12.1 Å². The number of nitrogens with one attached hydrogen (secondary N) is 1. The first-order valence-electron chi connectivity index (χ1n) is 7.46. The number of hydrogen-bond donors (Lipinski definition) is 1. The van der Waals surface area contributed by atoms with Gasteiger partial charge < -0.3 is 10.2 Å². The first kappa shape index (κ1) is 14.7. The summed E-state index contributed by atoms with van der Waals surface area (Å²) in [5.74, 6) is 0.159. The van der Waals surface area contributed by atoms with Gasteiger partial charge in [0.15, 0.2) is 5.78 Å². The molecule has 2 aliphatic rings. The molecule has 1 amide bonds. The quantitative estimate of drug-likeness (QED) is 0.834. The Morgan fingerprint density at radius 2 is 2.14 bits per heavy atom. The second kappa shape index (κ2) is 5.89. The van der Waals surface area contributed by atoms with Gasteiger partial charge in [0, 0.05) is 29.2 Å². The van der Waals surface area contributed by atoms with E-state index >= 15 is 0 Å². The highest BCUT2D eigenvalue weighted by atomic mass is 79.9. The van der Waals surface area contributed by atoms with E-state index in [0.717, 1.165) is 54.5 Å². The van der Waals surface area contributed by atoms with E-state index < -0.39 is 0 Å². The number of fused-ring (bicyclic) bond motifs is 1. The molecule has 1 aromatic carbocycles. The van der Waals surface area contributed by atoms with Gasteiger partial charge in [0.1, 0.15) is 0 Å². The maximum atomic E-state index is 12.6. The number of amides is 1. The Kier molecular flexibility index (Phi) is 4.13. The van der Waals surface area contributed by atoms with Crippen LogP contribution in [-0.2, 0) is 11.2 Å². The molecule has 0 radical (unpaired) electrons. The minimum atomic E-state index is -0.0891. The molecule has 0 aromatic heterocycles. The van der Waals surface area contributed by atoms with Crippen LogP contribution in [0.25, 0.3) is 0 Å². The lowest BCUT2D eigenvalue weighted by Gasteiger charge is -2.29. The molecule has 0 spiro atoms. The summed E-state index contributed by atoms with van der Waals surface area (Å²) >= 11 is 3.53. The number of ketones is 1. The summed E-state index contributed by atoms with van der Waals surface area (Å²) in [6.07, 6.45) is 3.85. The zero-order valence-corrected chi connectivity index (χ0v) is 13.7. The lowest BCUT2D eigenvalue weighted by Crippen LogP contribution is -2.35. The van der Waals surface area contributed by atoms with Crippen LogP contribution in [0.1, 0.15) is 42.1 Å². The SMILES string of the molecule is CC(=O)N1CCCc2cc(Br)c(C(=O)C3CCCN3)cc21. The number of nitrogens with zero attached hydrogens (tertiary/aromatic N) is 1. The number of hydrogen-bond acceptors (Lipinski definition) is 3. The van der Waals surface area contributed by atoms with Crippen LogP contribution in [0.3, 0.4) is 0 Å². The lowest BCUT2D eigenvalue weighted by molar-refractivity contribution is -0.116. The number of halogens is 1. The van der Waals surface area contributed by atoms with Crippen LogP contribution >= 0.6 is 15.9 Å². The van der Waals surface area contributed by atoms with E-state index in [1.54, 1.807) is 11.8 Å². The number of aryl methyl sites for hydroxylation is 1. The van der Waals surface area contributed by atoms with Crippen LogP contribution in [0, 0.1) is 0 Å². The normalized spacial score (nSPS) is 21.2. The Balaban J connectivity index is 2.00. The fourth-order valence-electron chi connectivity index (χ4n) is 3.21. The molecular formula is C16H19BrN2O2. The number of carbonyl (C=O) groups excluding carboxylic acids is 2. The zero-order valence-electron chi connectivity index (χ0n) is 12.1. The van der Waals surface area contributed by atoms with Crippen LogP contribution < -0.4 is 10.2 Å². The first-order valence-corrected chi connectivity index (χ1v) is 8.25. The summed E-state index contributed by atoms with van der Waals surface area (Å²) in [5, 5.41) is 3.25. The molecule has 2 aliphatic heterocycles. The second-order valence-electron chi connectivity index (χ2n) is 5.75. The van der Waals surface area contributed by atoms with Crippen LogP contribution in [0.5, 0.6) is 0 Å². The summed E-state index contributed by atoms with van der Waals surface area (Å²) in [6.45, 7) is 3.22. The van der Waals surface area contributed by atoms with Gasteiger partial charge in [-0.15, -0.1) is 0 Å². The molecule has 2 heterocycles. The molecule has 1 aromatic rings. The summed E-state index contributed by atoms with van der Waals surface area (Å²) in [7, 11) is 0. The monoisotopic (exact) mass is 350 g/mol. The highest BCUT2D eigenvalue weighted by molar-refractivity contribution is 9.10. The first-order chi connectivity index (χ1) is 10.1. The van der Waals surface area contributed by atoms with Crippen LogP contribution in [0.4, 0.5) is 5.69 Å². The topological polar surface area (TPSA) is 49.4 Å². The Hall–Kier alpha value is -1.20. The van der Waals surface area contributed by atoms with Crippen LogP contribution in [-0.4, -0.2) is 30.8 Å². The van der Waals surface area contributed by atoms with Crippen molar-refractivity contribution in [1.29, 1.82) is 0 Å². The van der Waals surface area contributed by atoms with Crippen molar-refractivity contribution in [2.24, 2.45) is 0 Å². The summed E-state index contributed by atoms with van der Waals surface area (Å²) < 4.78 is 0.838. The van der Waals surface area contributed by atoms with Gasteiger partial charge in [0.05, 0.1) is 6.04 Å². The largest absolute Gasteiger partial charge is 0.312 e. The molecule has 4 nitrogen and oxygen atoms in total. The van der Waals surface area contributed by atoms with E-state index in [9.17, 15) is 9.59 Å². The molecule has 0 saturated carbocycles. The van der Waals surface area contributed by atoms with Gasteiger partial charge in [-0.3, -0.25) is 9.59 Å². The third-order valence-corrected chi connectivity index (χ3v) is 4.97. The number of Topliss-reactive ketones (excluding diaryl/α,β-unsaturated/α-hetero) is 1. The highest BCUT2D eigenvalue weighted by Gasteiger charge is 2.28. The standard InChI is InChI=1S/C16H19BrN2O2/c1-10(20)19-7-3-4-11-8-13(17)12(9-15(11)19)16(21)14-5-2-6-18-14/h8-9,14,18H,2-7H2,1H3. The predicted molar refractivity (Wildman–Crippen MR) is 85.8 cm³/mol. The molecule has 112 valence electrons. The molecule has 1 saturated heterocycles. The Bertz CT molecular complexity index is 594. The molecule has 1 fully saturated rings. The average Bonchev–Trinajstić information content (AvgIpc) is 2.99. The molecule has 5 heteroatoms. The molecular weight excluding hydrogens is 332 g/mol. The van der Waals surface area contributed by atoms with Crippen molar-refractivity contribution in [3.8, 4) is 0 Å². The van der Waals surface area contributed by atoms with E-state index in [1.165, 1.54) is 0 Å². The molecule has 1 unspecified atom stereocenters. The fourth-order valence-corrected chi connectivity index (χ4v) is 3.80. The number of carbonyl (C=O) groups is 2. The summed E-state index contributed by atoms with van der Waals surface area (Å²) in [5.41, 5.74) is 2.72. The van der Waals surface area contributed by atoms with Gasteiger partial charge in [-0.1, -0.05) is 15.9 Å². The smallest absolute Gasteiger partial charge is 0.223 e. The number of benzene rings is 1. The minimum Gasteiger partial charge on any atom is -0.312 e. The van der Waals surface area contributed by atoms with Crippen molar-refractivity contribution in [3.05, 3.63) is 27.7 Å². The summed E-state index contributed by atoms with van der Waals surface area (Å²) in [6, 6.07) is 3.81. The average molecular weight is 351 g/mol. The molecule has 3 rings (SSSR count). The van der Waals surface area contributed by atoms with Gasteiger partial charge in [-0.2, -0.15) is 0 Å². The Morgan fingerprint density at radius 3 is 2.81 bits per heavy atom. The van der Waals surface area contributed by atoms with E-state index in [0.29, 0.717) is 5.56 Å². The predicted octanol–water partition coefficient (Wildman–Crippen LogP) is 2.68. The maximum Gasteiger partial charge on any atom is 0.223 e. The van der Waals surface area contributed by atoms with Gasteiger partial charge >= 0.3 is 0 Å². The zero-order chi connectivity index (χ0) is 15.0. The Morgan fingerprint density at radius 1 is 1.33 bits per heavy atom. The van der Waals surface area contributed by atoms with Crippen molar-refractivity contribution in [2.45, 2.75) is 38.6 Å². The van der Waals surface area contributed by atoms with Crippen molar-refractivity contribution in [3.63, 3.8) is 0 Å². The number of anilines is 1. The van der Waals surface area contributed by atoms with E-state index in [-0.39, 0.29) is 17.7 Å². The lowest BCUT2D eigenvalue weighted by atomic mass is 9.95. The highest BCUT2D eigenvalue weighted by Crippen LogP contribution is 2.33. The maximum absolute atomic E-state index is 12.6. The molecule has 0 aliphatic carbocycles.